The standard InChI is InChI=1S/C20H25N10O12P.H3N/c21-19-25-13-7(15(35)27-19)23-3-29(13)17-11(34)9(32)6(41-17)2-39-43(37,38)42-12-10(33)5(1-31)40-18(12)30-4-24-8-14(30)26-20(22)28-16(8)36;/h3-6,9-12,17-18,31-34H,1-2H2,(H,37,38)(H3,21,25,27,35)(H3,22,26,28,36);1H3. The molecule has 24 heteroatoms. The maximum atomic E-state index is 13.0. The molecule has 2 aliphatic heterocycles. The maximum Gasteiger partial charge on any atom is 0.472 e. The highest BCUT2D eigenvalue weighted by Gasteiger charge is 2.50. The monoisotopic (exact) mass is 645 g/mol. The molecular weight excluding hydrogens is 617 g/mol. The zero-order valence-electron chi connectivity index (χ0n) is 22.3. The van der Waals surface area contributed by atoms with Crippen LogP contribution in [-0.2, 0) is 23.1 Å². The summed E-state index contributed by atoms with van der Waals surface area (Å²) in [5.41, 5.74) is 9.44. The number of phosphoric acid groups is 1. The van der Waals surface area contributed by atoms with Crippen LogP contribution in [0.4, 0.5) is 11.9 Å². The average Bonchev–Trinajstić information content (AvgIpc) is 3.69. The molecule has 6 rings (SSSR count). The second kappa shape index (κ2) is 11.6. The molecular formula is C20H28N11O12P. The zero-order chi connectivity index (χ0) is 30.8. The Kier molecular flexibility index (Phi) is 8.29. The number of phosphoric ester groups is 1. The topological polar surface area (TPSA) is 369 Å². The number of hydrogen-bond donors (Lipinski definition) is 10. The number of H-pyrrole nitrogens is 2. The van der Waals surface area contributed by atoms with Gasteiger partial charge in [-0.15, -0.1) is 0 Å². The predicted octanol–water partition coefficient (Wildman–Crippen LogP) is -4.05. The van der Waals surface area contributed by atoms with Gasteiger partial charge in [0.15, 0.2) is 34.8 Å². The number of rotatable bonds is 8. The van der Waals surface area contributed by atoms with Gasteiger partial charge in [0.1, 0.15) is 36.6 Å². The number of aliphatic hydroxyl groups is 4. The number of aliphatic hydroxyl groups excluding tert-OH is 4. The third-order valence-electron chi connectivity index (χ3n) is 6.94. The molecule has 44 heavy (non-hydrogen) atoms. The first-order valence-electron chi connectivity index (χ1n) is 12.4. The molecule has 0 amide bonds. The molecule has 14 N–H and O–H groups in total. The third kappa shape index (κ3) is 5.35. The van der Waals surface area contributed by atoms with Crippen LogP contribution in [0.3, 0.4) is 0 Å². The van der Waals surface area contributed by atoms with Crippen molar-refractivity contribution >= 4 is 42.0 Å². The summed E-state index contributed by atoms with van der Waals surface area (Å²) >= 11 is 0. The van der Waals surface area contributed by atoms with Gasteiger partial charge in [-0.25, -0.2) is 14.5 Å². The number of imidazole rings is 2. The molecule has 23 nitrogen and oxygen atoms in total. The summed E-state index contributed by atoms with van der Waals surface area (Å²) in [4.78, 5) is 55.1. The van der Waals surface area contributed by atoms with E-state index in [4.69, 9.17) is 30.0 Å². The number of anilines is 2. The first kappa shape index (κ1) is 31.6. The van der Waals surface area contributed by atoms with Gasteiger partial charge in [0.2, 0.25) is 11.9 Å². The van der Waals surface area contributed by atoms with Gasteiger partial charge in [0, 0.05) is 0 Å². The lowest BCUT2D eigenvalue weighted by atomic mass is 10.1. The van der Waals surface area contributed by atoms with Crippen LogP contribution in [0.1, 0.15) is 12.5 Å². The van der Waals surface area contributed by atoms with E-state index in [-0.39, 0.29) is 40.4 Å². The molecule has 2 saturated heterocycles. The van der Waals surface area contributed by atoms with Crippen LogP contribution in [0.2, 0.25) is 0 Å². The quantitative estimate of drug-likeness (QED) is 0.0814. The van der Waals surface area contributed by atoms with E-state index in [9.17, 15) is 39.5 Å². The van der Waals surface area contributed by atoms with Crippen LogP contribution >= 0.6 is 7.82 Å². The lowest BCUT2D eigenvalue weighted by molar-refractivity contribution is -0.0615. The number of aromatic nitrogens is 8. The number of nitrogens with zero attached hydrogens (tertiary/aromatic N) is 6. The van der Waals surface area contributed by atoms with Gasteiger partial charge in [0.05, 0.1) is 25.9 Å². The minimum atomic E-state index is -5.10. The Labute approximate surface area is 243 Å². The number of nitrogen functional groups attached to an aromatic ring is 2. The number of aromatic amines is 2. The smallest absolute Gasteiger partial charge is 0.394 e. The van der Waals surface area contributed by atoms with Gasteiger partial charge in [-0.05, 0) is 0 Å². The Morgan fingerprint density at radius 1 is 0.886 bits per heavy atom. The lowest BCUT2D eigenvalue weighted by Gasteiger charge is -2.24. The zero-order valence-corrected chi connectivity index (χ0v) is 23.2. The summed E-state index contributed by atoms with van der Waals surface area (Å²) < 4.78 is 36.8. The van der Waals surface area contributed by atoms with Crippen molar-refractivity contribution in [3.05, 3.63) is 33.4 Å². The Bertz CT molecular complexity index is 1840. The fraction of sp³-hybridized carbons (Fsp3) is 0.500. The highest BCUT2D eigenvalue weighted by Crippen LogP contribution is 2.50. The maximum absolute atomic E-state index is 13.0. The molecule has 2 aliphatic rings. The molecule has 0 radical (unpaired) electrons. The normalized spacial score (nSPS) is 30.1. The van der Waals surface area contributed by atoms with Crippen molar-refractivity contribution in [2.45, 2.75) is 49.1 Å². The van der Waals surface area contributed by atoms with Crippen LogP contribution in [0.25, 0.3) is 22.3 Å². The van der Waals surface area contributed by atoms with Crippen LogP contribution < -0.4 is 28.7 Å². The summed E-state index contributed by atoms with van der Waals surface area (Å²) in [5.74, 6) is -0.504. The van der Waals surface area contributed by atoms with E-state index in [0.717, 1.165) is 21.8 Å². The summed E-state index contributed by atoms with van der Waals surface area (Å²) in [6.07, 6.45) is -9.86. The Morgan fingerprint density at radius 3 is 1.95 bits per heavy atom. The Morgan fingerprint density at radius 2 is 1.41 bits per heavy atom. The van der Waals surface area contributed by atoms with Crippen molar-refractivity contribution in [2.24, 2.45) is 0 Å². The molecule has 0 saturated carbocycles. The summed E-state index contributed by atoms with van der Waals surface area (Å²) in [5, 5.41) is 41.5. The van der Waals surface area contributed by atoms with Crippen molar-refractivity contribution in [1.82, 2.24) is 45.2 Å². The lowest BCUT2D eigenvalue weighted by Crippen LogP contribution is -2.36. The molecule has 240 valence electrons. The summed E-state index contributed by atoms with van der Waals surface area (Å²) in [6, 6.07) is 0. The van der Waals surface area contributed by atoms with Gasteiger partial charge < -0.3 is 52.4 Å². The summed E-state index contributed by atoms with van der Waals surface area (Å²) in [6.45, 7) is -1.52. The SMILES string of the molecule is N.Nc1nc2c(ncn2C2OC(COP(=O)(O)OC3C(O)C(CO)OC3n3cnc4c(=O)[nH]c(N)nc43)C(O)C2O)c(=O)[nH]1. The van der Waals surface area contributed by atoms with Crippen LogP contribution in [0, 0.1) is 0 Å². The van der Waals surface area contributed by atoms with Crippen molar-refractivity contribution in [2.75, 3.05) is 24.7 Å². The molecule has 9 unspecified atom stereocenters. The van der Waals surface area contributed by atoms with Crippen molar-refractivity contribution in [3.63, 3.8) is 0 Å². The fourth-order valence-electron chi connectivity index (χ4n) is 4.91. The minimum absolute atomic E-state index is 0. The largest absolute Gasteiger partial charge is 0.472 e. The highest BCUT2D eigenvalue weighted by molar-refractivity contribution is 7.47. The number of fused-ring (bicyclic) bond motifs is 2. The van der Waals surface area contributed by atoms with E-state index in [1.54, 1.807) is 0 Å². The van der Waals surface area contributed by atoms with Crippen LogP contribution in [0.15, 0.2) is 22.2 Å². The molecule has 0 spiro atoms. The van der Waals surface area contributed by atoms with E-state index < -0.39 is 81.2 Å². The number of nitrogens with two attached hydrogens (primary N) is 2. The molecule has 4 aromatic rings. The van der Waals surface area contributed by atoms with Gasteiger partial charge in [-0.1, -0.05) is 0 Å². The van der Waals surface area contributed by atoms with Crippen LogP contribution in [0.5, 0.6) is 0 Å². The van der Waals surface area contributed by atoms with Gasteiger partial charge in [-0.3, -0.25) is 37.7 Å². The van der Waals surface area contributed by atoms with Crippen LogP contribution in [-0.4, -0.2) is 114 Å². The molecule has 6 heterocycles. The average molecular weight is 645 g/mol. The van der Waals surface area contributed by atoms with E-state index in [0.29, 0.717) is 0 Å². The number of hydrogen-bond acceptors (Lipinski definition) is 18. The second-order valence-corrected chi connectivity index (χ2v) is 11.1. The summed E-state index contributed by atoms with van der Waals surface area (Å²) in [7, 11) is -5.10. The van der Waals surface area contributed by atoms with E-state index in [1.807, 2.05) is 0 Å². The van der Waals surface area contributed by atoms with E-state index in [2.05, 4.69) is 29.9 Å². The van der Waals surface area contributed by atoms with E-state index in [1.165, 1.54) is 0 Å². The third-order valence-corrected chi connectivity index (χ3v) is 7.92. The first-order chi connectivity index (χ1) is 20.4. The molecule has 0 aromatic carbocycles. The molecule has 2 fully saturated rings. The van der Waals surface area contributed by atoms with Gasteiger partial charge in [-0.2, -0.15) is 9.97 Å². The Balaban J connectivity index is 0.00000384. The fourth-order valence-corrected chi connectivity index (χ4v) is 5.85. The van der Waals surface area contributed by atoms with Crippen molar-refractivity contribution < 1.29 is 48.4 Å². The number of nitrogens with one attached hydrogen (secondary N) is 2. The Hall–Kier alpha value is -3.87. The van der Waals surface area contributed by atoms with Crippen molar-refractivity contribution in [1.29, 1.82) is 0 Å². The first-order valence-corrected chi connectivity index (χ1v) is 13.9. The molecule has 0 aliphatic carbocycles. The van der Waals surface area contributed by atoms with E-state index >= 15 is 0 Å². The van der Waals surface area contributed by atoms with Gasteiger partial charge in [0.25, 0.3) is 11.1 Å². The minimum Gasteiger partial charge on any atom is -0.394 e. The van der Waals surface area contributed by atoms with Crippen molar-refractivity contribution in [3.8, 4) is 0 Å². The number of ether oxygens (including phenoxy) is 2. The predicted molar refractivity (Wildman–Crippen MR) is 144 cm³/mol. The van der Waals surface area contributed by atoms with Gasteiger partial charge >= 0.3 is 7.82 Å². The molecule has 0 bridgehead atoms. The highest BCUT2D eigenvalue weighted by atomic mass is 31.2. The second-order valence-electron chi connectivity index (χ2n) is 9.67. The molecule has 4 aromatic heterocycles. The molecule has 9 atom stereocenters.